The monoisotopic (exact) mass is 323 g/mol. The van der Waals surface area contributed by atoms with Gasteiger partial charge in [-0.1, -0.05) is 6.07 Å². The third-order valence-corrected chi connectivity index (χ3v) is 4.24. The van der Waals surface area contributed by atoms with Crippen LogP contribution < -0.4 is 5.32 Å². The van der Waals surface area contributed by atoms with Crippen molar-refractivity contribution in [1.29, 1.82) is 0 Å². The molecule has 1 unspecified atom stereocenters. The SMILES string of the molecule is CCn1ncnc1C1CC(=O)Nc2c1c(-c1ccccn1)nn2C. The van der Waals surface area contributed by atoms with Crippen molar-refractivity contribution >= 4 is 11.7 Å². The minimum absolute atomic E-state index is 0.0475. The van der Waals surface area contributed by atoms with E-state index in [1.807, 2.05) is 36.9 Å². The van der Waals surface area contributed by atoms with Gasteiger partial charge in [0.15, 0.2) is 0 Å². The molecule has 8 heteroatoms. The fraction of sp³-hybridized carbons (Fsp3) is 0.312. The normalized spacial score (nSPS) is 16.8. The van der Waals surface area contributed by atoms with Gasteiger partial charge >= 0.3 is 0 Å². The van der Waals surface area contributed by atoms with Crippen molar-refractivity contribution in [1.82, 2.24) is 29.5 Å². The lowest BCUT2D eigenvalue weighted by molar-refractivity contribution is -0.116. The number of hydrogen-bond acceptors (Lipinski definition) is 5. The van der Waals surface area contributed by atoms with E-state index in [2.05, 4.69) is 25.5 Å². The number of aryl methyl sites for hydroxylation is 2. The minimum atomic E-state index is -0.193. The summed E-state index contributed by atoms with van der Waals surface area (Å²) < 4.78 is 3.51. The van der Waals surface area contributed by atoms with E-state index in [9.17, 15) is 4.79 Å². The summed E-state index contributed by atoms with van der Waals surface area (Å²) in [4.78, 5) is 21.0. The van der Waals surface area contributed by atoms with Crippen molar-refractivity contribution in [2.75, 3.05) is 5.32 Å². The molecule has 0 saturated carbocycles. The van der Waals surface area contributed by atoms with E-state index >= 15 is 0 Å². The standard InChI is InChI=1S/C16H17N7O/c1-3-23-15(18-9-19-23)10-8-12(24)20-16-13(10)14(21-22(16)2)11-6-4-5-7-17-11/h4-7,9-10H,3,8H2,1-2H3,(H,20,24). The van der Waals surface area contributed by atoms with Crippen LogP contribution in [0.4, 0.5) is 5.82 Å². The Kier molecular flexibility index (Phi) is 3.37. The van der Waals surface area contributed by atoms with Gasteiger partial charge in [0.2, 0.25) is 5.91 Å². The summed E-state index contributed by atoms with van der Waals surface area (Å²) in [5, 5.41) is 11.8. The number of anilines is 1. The van der Waals surface area contributed by atoms with Gasteiger partial charge in [0.1, 0.15) is 23.7 Å². The summed E-state index contributed by atoms with van der Waals surface area (Å²) in [6, 6.07) is 5.71. The molecule has 1 amide bonds. The van der Waals surface area contributed by atoms with Crippen molar-refractivity contribution in [3.05, 3.63) is 42.1 Å². The number of fused-ring (bicyclic) bond motifs is 1. The molecule has 24 heavy (non-hydrogen) atoms. The summed E-state index contributed by atoms with van der Waals surface area (Å²) in [6.07, 6.45) is 3.58. The number of amides is 1. The molecule has 1 aliphatic heterocycles. The number of carbonyl (C=O) groups is 1. The number of nitrogens with one attached hydrogen (secondary N) is 1. The highest BCUT2D eigenvalue weighted by atomic mass is 16.1. The molecular formula is C16H17N7O. The van der Waals surface area contributed by atoms with E-state index < -0.39 is 0 Å². The lowest BCUT2D eigenvalue weighted by Crippen LogP contribution is -2.26. The Balaban J connectivity index is 1.93. The van der Waals surface area contributed by atoms with Gasteiger partial charge in [-0.25, -0.2) is 9.67 Å². The topological polar surface area (TPSA) is 90.5 Å². The van der Waals surface area contributed by atoms with Crippen LogP contribution in [0, 0.1) is 0 Å². The number of carbonyl (C=O) groups excluding carboxylic acids is 1. The zero-order valence-electron chi connectivity index (χ0n) is 13.5. The lowest BCUT2D eigenvalue weighted by atomic mass is 9.90. The average Bonchev–Trinajstić information content (AvgIpc) is 3.20. The third kappa shape index (κ3) is 2.18. The second-order valence-corrected chi connectivity index (χ2v) is 5.69. The molecular weight excluding hydrogens is 306 g/mol. The number of aromatic nitrogens is 6. The Bertz CT molecular complexity index is 897. The minimum Gasteiger partial charge on any atom is -0.311 e. The molecule has 0 aliphatic carbocycles. The van der Waals surface area contributed by atoms with Crippen LogP contribution in [0.1, 0.15) is 30.7 Å². The number of nitrogens with zero attached hydrogens (tertiary/aromatic N) is 6. The Morgan fingerprint density at radius 2 is 2.21 bits per heavy atom. The maximum atomic E-state index is 12.2. The Labute approximate surface area is 138 Å². The van der Waals surface area contributed by atoms with Gasteiger partial charge < -0.3 is 5.32 Å². The van der Waals surface area contributed by atoms with Crippen LogP contribution in [0.25, 0.3) is 11.4 Å². The molecule has 1 aliphatic rings. The Morgan fingerprint density at radius 3 is 2.96 bits per heavy atom. The number of hydrogen-bond donors (Lipinski definition) is 1. The quantitative estimate of drug-likeness (QED) is 0.790. The van der Waals surface area contributed by atoms with Crippen LogP contribution in [-0.4, -0.2) is 35.4 Å². The van der Waals surface area contributed by atoms with Crippen LogP contribution in [0.2, 0.25) is 0 Å². The third-order valence-electron chi connectivity index (χ3n) is 4.24. The van der Waals surface area contributed by atoms with Crippen molar-refractivity contribution < 1.29 is 4.79 Å². The first kappa shape index (κ1) is 14.6. The van der Waals surface area contributed by atoms with Gasteiger partial charge in [-0.05, 0) is 19.1 Å². The number of pyridine rings is 1. The highest BCUT2D eigenvalue weighted by molar-refractivity contribution is 5.95. The molecule has 8 nitrogen and oxygen atoms in total. The fourth-order valence-corrected chi connectivity index (χ4v) is 3.19. The van der Waals surface area contributed by atoms with Gasteiger partial charge in [-0.2, -0.15) is 10.2 Å². The molecule has 0 aromatic carbocycles. The van der Waals surface area contributed by atoms with E-state index in [-0.39, 0.29) is 11.8 Å². The van der Waals surface area contributed by atoms with Gasteiger partial charge in [0.05, 0.1) is 11.6 Å². The van der Waals surface area contributed by atoms with E-state index in [0.29, 0.717) is 18.8 Å². The molecule has 3 aromatic heterocycles. The molecule has 0 spiro atoms. The van der Waals surface area contributed by atoms with Crippen LogP contribution in [-0.2, 0) is 18.4 Å². The first-order valence-corrected chi connectivity index (χ1v) is 7.85. The highest BCUT2D eigenvalue weighted by Gasteiger charge is 2.36. The average molecular weight is 323 g/mol. The summed E-state index contributed by atoms with van der Waals surface area (Å²) >= 11 is 0. The van der Waals surface area contributed by atoms with E-state index in [0.717, 1.165) is 22.8 Å². The lowest BCUT2D eigenvalue weighted by Gasteiger charge is -2.23. The van der Waals surface area contributed by atoms with E-state index in [1.54, 1.807) is 10.9 Å². The van der Waals surface area contributed by atoms with Crippen LogP contribution in [0.3, 0.4) is 0 Å². The van der Waals surface area contributed by atoms with Gasteiger partial charge in [-0.3, -0.25) is 14.5 Å². The van der Waals surface area contributed by atoms with Crippen LogP contribution >= 0.6 is 0 Å². The second-order valence-electron chi connectivity index (χ2n) is 5.69. The molecule has 0 saturated heterocycles. The van der Waals surface area contributed by atoms with Gasteiger partial charge in [-0.15, -0.1) is 0 Å². The predicted octanol–water partition coefficient (Wildman–Crippen LogP) is 1.57. The van der Waals surface area contributed by atoms with Gasteiger partial charge in [0, 0.05) is 31.8 Å². The summed E-state index contributed by atoms with van der Waals surface area (Å²) in [5.74, 6) is 1.23. The molecule has 4 rings (SSSR count). The second kappa shape index (κ2) is 5.55. The zero-order valence-corrected chi connectivity index (χ0v) is 13.5. The molecule has 1 atom stereocenters. The maximum Gasteiger partial charge on any atom is 0.226 e. The van der Waals surface area contributed by atoms with Gasteiger partial charge in [0.25, 0.3) is 0 Å². The maximum absolute atomic E-state index is 12.2. The van der Waals surface area contributed by atoms with E-state index in [1.165, 1.54) is 6.33 Å². The highest BCUT2D eigenvalue weighted by Crippen LogP contribution is 2.41. The van der Waals surface area contributed by atoms with Crippen molar-refractivity contribution in [2.45, 2.75) is 25.8 Å². The van der Waals surface area contributed by atoms with Crippen LogP contribution in [0.15, 0.2) is 30.7 Å². The zero-order chi connectivity index (χ0) is 16.7. The molecule has 4 heterocycles. The summed E-state index contributed by atoms with van der Waals surface area (Å²) in [6.45, 7) is 2.70. The van der Waals surface area contributed by atoms with Crippen LogP contribution in [0.5, 0.6) is 0 Å². The smallest absolute Gasteiger partial charge is 0.226 e. The molecule has 3 aromatic rings. The number of rotatable bonds is 3. The van der Waals surface area contributed by atoms with Crippen molar-refractivity contribution in [2.24, 2.45) is 7.05 Å². The Morgan fingerprint density at radius 1 is 1.33 bits per heavy atom. The van der Waals surface area contributed by atoms with Crippen molar-refractivity contribution in [3.8, 4) is 11.4 Å². The Hall–Kier alpha value is -3.03. The summed E-state index contributed by atoms with van der Waals surface area (Å²) in [5.41, 5.74) is 2.49. The molecule has 0 bridgehead atoms. The fourth-order valence-electron chi connectivity index (χ4n) is 3.19. The molecule has 0 radical (unpaired) electrons. The molecule has 122 valence electrons. The predicted molar refractivity (Wildman–Crippen MR) is 87.2 cm³/mol. The first-order chi connectivity index (χ1) is 11.7. The van der Waals surface area contributed by atoms with E-state index in [4.69, 9.17) is 0 Å². The summed E-state index contributed by atoms with van der Waals surface area (Å²) in [7, 11) is 1.82. The van der Waals surface area contributed by atoms with Crippen molar-refractivity contribution in [3.63, 3.8) is 0 Å². The largest absolute Gasteiger partial charge is 0.311 e. The molecule has 0 fully saturated rings. The first-order valence-electron chi connectivity index (χ1n) is 7.85. The molecule has 1 N–H and O–H groups in total.